The topological polar surface area (TPSA) is 70.1 Å². The van der Waals surface area contributed by atoms with Gasteiger partial charge < -0.3 is 15.7 Å². The summed E-state index contributed by atoms with van der Waals surface area (Å²) in [6, 6.07) is 0. The van der Waals surface area contributed by atoms with Crippen molar-refractivity contribution in [2.75, 3.05) is 30.8 Å². The molecule has 6 heteroatoms. The van der Waals surface area contributed by atoms with Gasteiger partial charge in [-0.25, -0.2) is 9.97 Å². The Morgan fingerprint density at radius 1 is 1.47 bits per heavy atom. The Bertz CT molecular complexity index is 395. The summed E-state index contributed by atoms with van der Waals surface area (Å²) in [5.41, 5.74) is 0.964. The van der Waals surface area contributed by atoms with Gasteiger partial charge in [0.1, 0.15) is 12.0 Å². The first-order valence-electron chi connectivity index (χ1n) is 5.74. The molecule has 2 rings (SSSR count). The molecular weight excluding hydrogens is 240 g/mol. The lowest BCUT2D eigenvalue weighted by molar-refractivity contribution is 0.253. The number of hydrogen-bond donors (Lipinski definition) is 3. The van der Waals surface area contributed by atoms with Gasteiger partial charge in [-0.05, 0) is 24.7 Å². The second kappa shape index (κ2) is 5.06. The van der Waals surface area contributed by atoms with E-state index in [1.807, 2.05) is 0 Å². The van der Waals surface area contributed by atoms with E-state index < -0.39 is 0 Å². The van der Waals surface area contributed by atoms with Gasteiger partial charge in [-0.15, -0.1) is 0 Å². The molecule has 1 aromatic heterocycles. The Labute approximate surface area is 106 Å². The van der Waals surface area contributed by atoms with Crippen molar-refractivity contribution in [2.24, 2.45) is 5.41 Å². The normalized spacial score (nSPS) is 16.6. The summed E-state index contributed by atoms with van der Waals surface area (Å²) in [4.78, 5) is 8.09. The van der Waals surface area contributed by atoms with Crippen LogP contribution < -0.4 is 10.6 Å². The molecule has 1 fully saturated rings. The Kier molecular flexibility index (Phi) is 3.69. The maximum Gasteiger partial charge on any atom is 0.157 e. The zero-order chi connectivity index (χ0) is 12.3. The van der Waals surface area contributed by atoms with E-state index >= 15 is 0 Å². The van der Waals surface area contributed by atoms with Crippen molar-refractivity contribution >= 4 is 23.1 Å². The fourth-order valence-corrected chi connectivity index (χ4v) is 2.15. The molecule has 1 saturated carbocycles. The van der Waals surface area contributed by atoms with E-state index in [2.05, 4.69) is 20.6 Å². The summed E-state index contributed by atoms with van der Waals surface area (Å²) in [6.07, 6.45) is 4.60. The van der Waals surface area contributed by atoms with E-state index in [4.69, 9.17) is 16.7 Å². The Morgan fingerprint density at radius 3 is 2.82 bits per heavy atom. The third kappa shape index (κ3) is 2.79. The zero-order valence-corrected chi connectivity index (χ0v) is 10.6. The summed E-state index contributed by atoms with van der Waals surface area (Å²) in [7, 11) is 1.79. The summed E-state index contributed by atoms with van der Waals surface area (Å²) in [5, 5.41) is 15.7. The van der Waals surface area contributed by atoms with Gasteiger partial charge in [0.05, 0.1) is 0 Å². The molecule has 0 amide bonds. The van der Waals surface area contributed by atoms with Crippen LogP contribution in [0, 0.1) is 5.41 Å². The molecule has 0 unspecified atom stereocenters. The van der Waals surface area contributed by atoms with Gasteiger partial charge in [-0.1, -0.05) is 11.6 Å². The van der Waals surface area contributed by atoms with Crippen molar-refractivity contribution in [3.63, 3.8) is 0 Å². The van der Waals surface area contributed by atoms with Crippen LogP contribution in [0.25, 0.3) is 0 Å². The van der Waals surface area contributed by atoms with Crippen LogP contribution in [0.2, 0.25) is 5.15 Å². The van der Waals surface area contributed by atoms with Gasteiger partial charge in [0, 0.05) is 20.2 Å². The molecule has 17 heavy (non-hydrogen) atoms. The van der Waals surface area contributed by atoms with Crippen molar-refractivity contribution < 1.29 is 5.11 Å². The third-order valence-corrected chi connectivity index (χ3v) is 3.57. The molecular formula is C11H17ClN4O. The van der Waals surface area contributed by atoms with E-state index in [1.165, 1.54) is 6.33 Å². The van der Waals surface area contributed by atoms with Crippen LogP contribution in [0.3, 0.4) is 0 Å². The predicted octanol–water partition coefficient (Wildman–Crippen LogP) is 1.75. The second-order valence-corrected chi connectivity index (χ2v) is 4.82. The van der Waals surface area contributed by atoms with Gasteiger partial charge in [-0.2, -0.15) is 0 Å². The zero-order valence-electron chi connectivity index (χ0n) is 9.83. The van der Waals surface area contributed by atoms with Crippen LogP contribution in [0.4, 0.5) is 11.5 Å². The van der Waals surface area contributed by atoms with Crippen molar-refractivity contribution in [1.82, 2.24) is 9.97 Å². The van der Waals surface area contributed by atoms with Crippen LogP contribution in [-0.2, 0) is 0 Å². The second-order valence-electron chi connectivity index (χ2n) is 4.47. The fourth-order valence-electron chi connectivity index (χ4n) is 1.92. The molecule has 0 saturated heterocycles. The average Bonchev–Trinajstić information content (AvgIpc) is 3.07. The largest absolute Gasteiger partial charge is 0.396 e. The Morgan fingerprint density at radius 2 is 2.24 bits per heavy atom. The Balaban J connectivity index is 2.02. The lowest BCUT2D eigenvalue weighted by Crippen LogP contribution is -2.18. The lowest BCUT2D eigenvalue weighted by atomic mass is 10.0. The minimum Gasteiger partial charge on any atom is -0.396 e. The highest BCUT2D eigenvalue weighted by atomic mass is 35.5. The maximum absolute atomic E-state index is 9.00. The van der Waals surface area contributed by atoms with Crippen LogP contribution in [0.1, 0.15) is 19.3 Å². The van der Waals surface area contributed by atoms with E-state index in [0.29, 0.717) is 10.8 Å². The minimum atomic E-state index is 0.241. The van der Waals surface area contributed by atoms with Crippen molar-refractivity contribution in [3.05, 3.63) is 11.5 Å². The average molecular weight is 257 g/mol. The first-order valence-corrected chi connectivity index (χ1v) is 6.11. The number of aromatic nitrogens is 2. The van der Waals surface area contributed by atoms with E-state index in [1.54, 1.807) is 7.05 Å². The molecule has 0 aliphatic heterocycles. The molecule has 0 radical (unpaired) electrons. The van der Waals surface area contributed by atoms with Crippen LogP contribution in [-0.4, -0.2) is 35.3 Å². The molecule has 1 aliphatic carbocycles. The highest BCUT2D eigenvalue weighted by Crippen LogP contribution is 2.48. The molecule has 94 valence electrons. The number of anilines is 2. The SMILES string of the molecule is CNc1c(Cl)ncnc1NCC1(CCO)CC1. The summed E-state index contributed by atoms with van der Waals surface area (Å²) in [6.45, 7) is 1.06. The standard InChI is InChI=1S/C11H17ClN4O/c1-13-8-9(12)15-7-16-10(8)14-6-11(2-3-11)4-5-17/h7,13,17H,2-6H2,1H3,(H,14,15,16). The smallest absolute Gasteiger partial charge is 0.157 e. The van der Waals surface area contributed by atoms with Crippen LogP contribution in [0.15, 0.2) is 6.33 Å². The third-order valence-electron chi connectivity index (χ3n) is 3.28. The summed E-state index contributed by atoms with van der Waals surface area (Å²) in [5.74, 6) is 0.719. The highest BCUT2D eigenvalue weighted by molar-refractivity contribution is 6.32. The number of nitrogens with zero attached hydrogens (tertiary/aromatic N) is 2. The molecule has 0 aromatic carbocycles. The first kappa shape index (κ1) is 12.4. The molecule has 5 nitrogen and oxygen atoms in total. The molecule has 0 spiro atoms. The highest BCUT2D eigenvalue weighted by Gasteiger charge is 2.41. The number of rotatable bonds is 6. The van der Waals surface area contributed by atoms with Crippen molar-refractivity contribution in [3.8, 4) is 0 Å². The van der Waals surface area contributed by atoms with Gasteiger partial charge >= 0.3 is 0 Å². The number of nitrogens with one attached hydrogen (secondary N) is 2. The van der Waals surface area contributed by atoms with Crippen molar-refractivity contribution in [1.29, 1.82) is 0 Å². The van der Waals surface area contributed by atoms with Crippen LogP contribution in [0.5, 0.6) is 0 Å². The molecule has 1 aliphatic rings. The quantitative estimate of drug-likeness (QED) is 0.677. The lowest BCUT2D eigenvalue weighted by Gasteiger charge is -2.17. The predicted molar refractivity (Wildman–Crippen MR) is 68.4 cm³/mol. The van der Waals surface area contributed by atoms with E-state index in [9.17, 15) is 0 Å². The van der Waals surface area contributed by atoms with E-state index in [-0.39, 0.29) is 12.0 Å². The molecule has 3 N–H and O–H groups in total. The molecule has 0 bridgehead atoms. The van der Waals surface area contributed by atoms with Gasteiger partial charge in [0.15, 0.2) is 11.0 Å². The molecule has 1 heterocycles. The first-order chi connectivity index (χ1) is 8.21. The fraction of sp³-hybridized carbons (Fsp3) is 0.636. The monoisotopic (exact) mass is 256 g/mol. The van der Waals surface area contributed by atoms with E-state index in [0.717, 1.165) is 31.6 Å². The maximum atomic E-state index is 9.00. The van der Waals surface area contributed by atoms with Crippen molar-refractivity contribution in [2.45, 2.75) is 19.3 Å². The van der Waals surface area contributed by atoms with Crippen LogP contribution >= 0.6 is 11.6 Å². The number of aliphatic hydroxyl groups is 1. The summed E-state index contributed by atoms with van der Waals surface area (Å²) >= 11 is 5.96. The molecule has 1 aromatic rings. The Hall–Kier alpha value is -1.07. The van der Waals surface area contributed by atoms with Gasteiger partial charge in [-0.3, -0.25) is 0 Å². The summed E-state index contributed by atoms with van der Waals surface area (Å²) < 4.78 is 0. The van der Waals surface area contributed by atoms with Gasteiger partial charge in [0.25, 0.3) is 0 Å². The van der Waals surface area contributed by atoms with Gasteiger partial charge in [0.2, 0.25) is 0 Å². The number of hydrogen-bond acceptors (Lipinski definition) is 5. The minimum absolute atomic E-state index is 0.241. The number of aliphatic hydroxyl groups excluding tert-OH is 1. The molecule has 0 atom stereocenters. The number of halogens is 1.